The van der Waals surface area contributed by atoms with Crippen LogP contribution in [-0.4, -0.2) is 38.3 Å². The van der Waals surface area contributed by atoms with Crippen molar-refractivity contribution in [1.29, 1.82) is 5.26 Å². The summed E-state index contributed by atoms with van der Waals surface area (Å²) in [6.07, 6.45) is 5.44. The van der Waals surface area contributed by atoms with Crippen molar-refractivity contribution in [3.05, 3.63) is 118 Å². The van der Waals surface area contributed by atoms with Crippen molar-refractivity contribution < 1.29 is 14.3 Å². The topological polar surface area (TPSA) is 158 Å². The van der Waals surface area contributed by atoms with E-state index in [2.05, 4.69) is 21.5 Å². The fourth-order valence-electron chi connectivity index (χ4n) is 5.62. The number of pyridine rings is 2. The molecule has 0 aliphatic heterocycles. The van der Waals surface area contributed by atoms with Gasteiger partial charge in [0.05, 0.1) is 42.5 Å². The molecule has 0 bridgehead atoms. The third-order valence-corrected chi connectivity index (χ3v) is 7.68. The summed E-state index contributed by atoms with van der Waals surface area (Å²) in [5.74, 6) is -0.760. The van der Waals surface area contributed by atoms with E-state index in [1.54, 1.807) is 36.3 Å². The second-order valence-electron chi connectivity index (χ2n) is 10.5. The molecule has 0 radical (unpaired) electrons. The molecule has 44 heavy (non-hydrogen) atoms. The van der Waals surface area contributed by atoms with Crippen molar-refractivity contribution in [1.82, 2.24) is 19.3 Å². The first-order chi connectivity index (χ1) is 21.2. The van der Waals surface area contributed by atoms with Crippen molar-refractivity contribution in [2.45, 2.75) is 18.9 Å². The lowest BCUT2D eigenvalue weighted by atomic mass is 9.94. The Labute approximate surface area is 252 Å². The number of anilines is 1. The predicted octanol–water partition coefficient (Wildman–Crippen LogP) is 3.62. The van der Waals surface area contributed by atoms with E-state index in [1.807, 2.05) is 30.3 Å². The standard InChI is InChI=1S/C33H27N7O4/c1-39-11-10-22(38-39)14-28(33(43)37-23-7-9-27(32(35)42)36-17-23)40-18-29(44-2)26(15-30(40)41)25-5-3-4-20-13-21-12-19(16-34)6-8-24(21)31(20)25/h3-12,15,17-18,28H,13-14H2,1-2H3,(H2,35,42)(H,37,43). The number of amides is 2. The van der Waals surface area contributed by atoms with E-state index in [0.29, 0.717) is 34.7 Å². The molecule has 11 nitrogen and oxygen atoms in total. The molecule has 11 heteroatoms. The van der Waals surface area contributed by atoms with Gasteiger partial charge in [-0.05, 0) is 64.6 Å². The van der Waals surface area contributed by atoms with Gasteiger partial charge in [0.15, 0.2) is 0 Å². The number of carbonyl (C=O) groups excluding carboxylic acids is 2. The quantitative estimate of drug-likeness (QED) is 0.276. The Hall–Kier alpha value is -6.02. The van der Waals surface area contributed by atoms with E-state index in [0.717, 1.165) is 27.8 Å². The van der Waals surface area contributed by atoms with Crippen LogP contribution in [-0.2, 0) is 24.7 Å². The highest BCUT2D eigenvalue weighted by Gasteiger charge is 2.28. The van der Waals surface area contributed by atoms with E-state index in [4.69, 9.17) is 10.5 Å². The minimum atomic E-state index is -0.997. The molecular formula is C33H27N7O4. The predicted molar refractivity (Wildman–Crippen MR) is 163 cm³/mol. The van der Waals surface area contributed by atoms with Gasteiger partial charge >= 0.3 is 0 Å². The van der Waals surface area contributed by atoms with Gasteiger partial charge in [0, 0.05) is 31.3 Å². The molecule has 1 atom stereocenters. The third kappa shape index (κ3) is 5.20. The fraction of sp³-hybridized carbons (Fsp3) is 0.152. The van der Waals surface area contributed by atoms with Crippen LogP contribution in [0.4, 0.5) is 5.69 Å². The zero-order chi connectivity index (χ0) is 31.0. The number of nitrogens with two attached hydrogens (primary N) is 1. The molecule has 0 saturated heterocycles. The number of methoxy groups -OCH3 is 1. The molecular weight excluding hydrogens is 558 g/mol. The van der Waals surface area contributed by atoms with Crippen molar-refractivity contribution >= 4 is 17.5 Å². The molecule has 5 aromatic rings. The molecule has 0 saturated carbocycles. The highest BCUT2D eigenvalue weighted by molar-refractivity contribution is 5.95. The van der Waals surface area contributed by atoms with Crippen LogP contribution in [0, 0.1) is 11.3 Å². The van der Waals surface area contributed by atoms with Gasteiger partial charge in [-0.1, -0.05) is 24.3 Å². The molecule has 218 valence electrons. The molecule has 0 fully saturated rings. The number of aryl methyl sites for hydroxylation is 1. The number of nitrogens with one attached hydrogen (secondary N) is 1. The first-order valence-electron chi connectivity index (χ1n) is 13.8. The number of benzene rings is 2. The molecule has 1 aliphatic rings. The van der Waals surface area contributed by atoms with E-state index in [-0.39, 0.29) is 12.1 Å². The number of ether oxygens (including phenoxy) is 1. The number of carbonyl (C=O) groups is 2. The molecule has 2 amide bonds. The summed E-state index contributed by atoms with van der Waals surface area (Å²) in [5.41, 5.74) is 12.0. The molecule has 1 unspecified atom stereocenters. The lowest BCUT2D eigenvalue weighted by molar-refractivity contribution is -0.119. The summed E-state index contributed by atoms with van der Waals surface area (Å²) in [7, 11) is 3.29. The van der Waals surface area contributed by atoms with Crippen molar-refractivity contribution in [2.75, 3.05) is 12.4 Å². The lowest BCUT2D eigenvalue weighted by Gasteiger charge is -2.21. The monoisotopic (exact) mass is 585 g/mol. The number of aromatic nitrogens is 4. The third-order valence-electron chi connectivity index (χ3n) is 7.68. The zero-order valence-electron chi connectivity index (χ0n) is 23.9. The number of nitrogens with zero attached hydrogens (tertiary/aromatic N) is 5. The molecule has 3 heterocycles. The second kappa shape index (κ2) is 11.3. The largest absolute Gasteiger partial charge is 0.495 e. The Morgan fingerprint density at radius 1 is 1.09 bits per heavy atom. The van der Waals surface area contributed by atoms with Gasteiger partial charge in [0.1, 0.15) is 17.5 Å². The molecule has 1 aliphatic carbocycles. The van der Waals surface area contributed by atoms with E-state index < -0.39 is 23.4 Å². The van der Waals surface area contributed by atoms with Gasteiger partial charge in [0.25, 0.3) is 11.5 Å². The van der Waals surface area contributed by atoms with E-state index in [1.165, 1.54) is 36.1 Å². The van der Waals surface area contributed by atoms with E-state index >= 15 is 0 Å². The van der Waals surface area contributed by atoms with Gasteiger partial charge in [-0.15, -0.1) is 0 Å². The van der Waals surface area contributed by atoms with Gasteiger partial charge < -0.3 is 15.8 Å². The summed E-state index contributed by atoms with van der Waals surface area (Å²) < 4.78 is 8.77. The minimum Gasteiger partial charge on any atom is -0.495 e. The Kier molecular flexibility index (Phi) is 7.24. The second-order valence-corrected chi connectivity index (χ2v) is 10.5. The smallest absolute Gasteiger partial charge is 0.267 e. The number of primary amides is 1. The van der Waals surface area contributed by atoms with Crippen LogP contribution < -0.4 is 21.3 Å². The van der Waals surface area contributed by atoms with Gasteiger partial charge in [-0.25, -0.2) is 4.98 Å². The fourth-order valence-corrected chi connectivity index (χ4v) is 5.62. The maximum atomic E-state index is 13.8. The summed E-state index contributed by atoms with van der Waals surface area (Å²) in [6, 6.07) is 18.9. The normalized spacial score (nSPS) is 12.1. The van der Waals surface area contributed by atoms with Gasteiger partial charge in [-0.2, -0.15) is 10.4 Å². The molecule has 0 spiro atoms. The minimum absolute atomic E-state index is 0.0603. The van der Waals surface area contributed by atoms with Crippen LogP contribution in [0.1, 0.15) is 38.9 Å². The lowest BCUT2D eigenvalue weighted by Crippen LogP contribution is -2.34. The molecule has 2 aromatic carbocycles. The van der Waals surface area contributed by atoms with Gasteiger partial charge in [0.2, 0.25) is 5.91 Å². The zero-order valence-corrected chi connectivity index (χ0v) is 23.9. The van der Waals surface area contributed by atoms with Crippen molar-refractivity contribution in [2.24, 2.45) is 12.8 Å². The average Bonchev–Trinajstić information content (AvgIpc) is 3.62. The summed E-state index contributed by atoms with van der Waals surface area (Å²) in [6.45, 7) is 0. The van der Waals surface area contributed by atoms with Crippen molar-refractivity contribution in [3.8, 4) is 34.1 Å². The molecule has 3 N–H and O–H groups in total. The number of fused-ring (bicyclic) bond motifs is 3. The number of hydrogen-bond acceptors (Lipinski definition) is 7. The average molecular weight is 586 g/mol. The SMILES string of the molecule is COc1cn(C(Cc2ccn(C)n2)C(=O)Nc2ccc(C(N)=O)nc2)c(=O)cc1-c1cccc2c1-c1ccc(C#N)cc1C2. The molecule has 3 aromatic heterocycles. The summed E-state index contributed by atoms with van der Waals surface area (Å²) in [4.78, 5) is 42.9. The highest BCUT2D eigenvalue weighted by Crippen LogP contribution is 2.45. The summed E-state index contributed by atoms with van der Waals surface area (Å²) >= 11 is 0. The maximum Gasteiger partial charge on any atom is 0.267 e. The van der Waals surface area contributed by atoms with Gasteiger partial charge in [-0.3, -0.25) is 23.6 Å². The van der Waals surface area contributed by atoms with Crippen LogP contribution in [0.3, 0.4) is 0 Å². The van der Waals surface area contributed by atoms with Crippen LogP contribution in [0.15, 0.2) is 84.0 Å². The molecule has 6 rings (SSSR count). The Bertz CT molecular complexity index is 2040. The number of hydrogen-bond donors (Lipinski definition) is 2. The van der Waals surface area contributed by atoms with Crippen LogP contribution in [0.2, 0.25) is 0 Å². The van der Waals surface area contributed by atoms with E-state index in [9.17, 15) is 19.6 Å². The Morgan fingerprint density at radius 3 is 2.61 bits per heavy atom. The van der Waals surface area contributed by atoms with Crippen LogP contribution in [0.25, 0.3) is 22.3 Å². The highest BCUT2D eigenvalue weighted by atomic mass is 16.5. The van der Waals surface area contributed by atoms with Crippen LogP contribution in [0.5, 0.6) is 5.75 Å². The Morgan fingerprint density at radius 2 is 1.93 bits per heavy atom. The summed E-state index contributed by atoms with van der Waals surface area (Å²) in [5, 5.41) is 16.6. The maximum absolute atomic E-state index is 13.8. The van der Waals surface area contributed by atoms with Crippen molar-refractivity contribution in [3.63, 3.8) is 0 Å². The Balaban J connectivity index is 1.42. The number of rotatable bonds is 8. The van der Waals surface area contributed by atoms with Crippen LogP contribution >= 0.6 is 0 Å². The first-order valence-corrected chi connectivity index (χ1v) is 13.8. The number of nitriles is 1. The first kappa shape index (κ1) is 28.1.